The number of ether oxygens (including phenoxy) is 1. The molecule has 2 N–H and O–H groups in total. The van der Waals surface area contributed by atoms with Gasteiger partial charge in [-0.15, -0.1) is 0 Å². The standard InChI is InChI=1S/C19H15N3O5S/c23-17(20-21-19(24)14-10-18(22(25)26)28-12-14)11-27-16-9-5-4-8-15(16)13-6-2-1-3-7-13/h1-10,12H,11H2,(H,20,23)(H,21,24). The van der Waals surface area contributed by atoms with Crippen LogP contribution >= 0.6 is 11.3 Å². The van der Waals surface area contributed by atoms with Gasteiger partial charge in [0.15, 0.2) is 6.61 Å². The number of rotatable bonds is 6. The Balaban J connectivity index is 1.55. The number of carbonyl (C=O) groups is 2. The van der Waals surface area contributed by atoms with Crippen molar-refractivity contribution in [2.75, 3.05) is 6.61 Å². The minimum Gasteiger partial charge on any atom is -0.483 e. The molecule has 0 saturated carbocycles. The summed E-state index contributed by atoms with van der Waals surface area (Å²) >= 11 is 0.830. The van der Waals surface area contributed by atoms with Crippen LogP contribution in [0.15, 0.2) is 66.0 Å². The second-order valence-corrected chi connectivity index (χ2v) is 6.47. The molecule has 0 unspecified atom stereocenters. The maximum Gasteiger partial charge on any atom is 0.324 e. The average molecular weight is 397 g/mol. The van der Waals surface area contributed by atoms with Gasteiger partial charge in [-0.3, -0.25) is 30.6 Å². The van der Waals surface area contributed by atoms with Crippen LogP contribution in [0.3, 0.4) is 0 Å². The number of thiophene rings is 1. The van der Waals surface area contributed by atoms with Crippen LogP contribution in [0.25, 0.3) is 11.1 Å². The Morgan fingerprint density at radius 2 is 1.75 bits per heavy atom. The Morgan fingerprint density at radius 3 is 2.46 bits per heavy atom. The Labute approximate surface area is 163 Å². The lowest BCUT2D eigenvalue weighted by Crippen LogP contribution is -2.43. The fourth-order valence-electron chi connectivity index (χ4n) is 2.37. The Morgan fingerprint density at radius 1 is 1.04 bits per heavy atom. The van der Waals surface area contributed by atoms with E-state index in [9.17, 15) is 19.7 Å². The van der Waals surface area contributed by atoms with Gasteiger partial charge in [0, 0.05) is 17.0 Å². The van der Waals surface area contributed by atoms with E-state index >= 15 is 0 Å². The molecule has 0 bridgehead atoms. The summed E-state index contributed by atoms with van der Waals surface area (Å²) in [5.74, 6) is -0.688. The first kappa shape index (κ1) is 19.1. The minimum absolute atomic E-state index is 0.0901. The van der Waals surface area contributed by atoms with E-state index in [1.54, 1.807) is 12.1 Å². The highest BCUT2D eigenvalue weighted by Crippen LogP contribution is 2.29. The number of hydrazine groups is 1. The van der Waals surface area contributed by atoms with Crippen LogP contribution in [0.2, 0.25) is 0 Å². The van der Waals surface area contributed by atoms with Crippen LogP contribution in [0.1, 0.15) is 10.4 Å². The number of benzene rings is 2. The van der Waals surface area contributed by atoms with Crippen LogP contribution in [0.5, 0.6) is 5.75 Å². The molecule has 0 aliphatic rings. The molecule has 28 heavy (non-hydrogen) atoms. The monoisotopic (exact) mass is 397 g/mol. The van der Waals surface area contributed by atoms with Gasteiger partial charge >= 0.3 is 5.00 Å². The van der Waals surface area contributed by atoms with Crippen LogP contribution in [-0.4, -0.2) is 23.3 Å². The molecule has 3 rings (SSSR count). The van der Waals surface area contributed by atoms with Gasteiger partial charge in [-0.05, 0) is 11.6 Å². The van der Waals surface area contributed by atoms with E-state index in [1.807, 2.05) is 42.5 Å². The third kappa shape index (κ3) is 4.71. The average Bonchev–Trinajstić information content (AvgIpc) is 3.22. The van der Waals surface area contributed by atoms with Crippen molar-refractivity contribution >= 4 is 28.2 Å². The number of hydrogen-bond donors (Lipinski definition) is 2. The molecular weight excluding hydrogens is 382 g/mol. The molecule has 1 aromatic heterocycles. The highest BCUT2D eigenvalue weighted by atomic mass is 32.1. The second-order valence-electron chi connectivity index (χ2n) is 5.58. The van der Waals surface area contributed by atoms with Crippen molar-refractivity contribution in [2.24, 2.45) is 0 Å². The zero-order valence-electron chi connectivity index (χ0n) is 14.5. The first-order chi connectivity index (χ1) is 13.5. The summed E-state index contributed by atoms with van der Waals surface area (Å²) in [7, 11) is 0. The first-order valence-electron chi connectivity index (χ1n) is 8.14. The van der Waals surface area contributed by atoms with Crippen LogP contribution in [0, 0.1) is 10.1 Å². The van der Waals surface area contributed by atoms with Gasteiger partial charge in [0.25, 0.3) is 11.8 Å². The van der Waals surface area contributed by atoms with Gasteiger partial charge < -0.3 is 4.74 Å². The molecule has 3 aromatic rings. The molecule has 8 nitrogen and oxygen atoms in total. The number of amides is 2. The molecule has 0 radical (unpaired) electrons. The molecule has 0 aliphatic carbocycles. The third-order valence-corrected chi connectivity index (χ3v) is 4.55. The largest absolute Gasteiger partial charge is 0.483 e. The predicted octanol–water partition coefficient (Wildman–Crippen LogP) is 3.16. The highest BCUT2D eigenvalue weighted by molar-refractivity contribution is 7.13. The number of nitrogens with one attached hydrogen (secondary N) is 2. The Kier molecular flexibility index (Phi) is 5.97. The molecule has 0 fully saturated rings. The number of hydrogen-bond acceptors (Lipinski definition) is 6. The molecule has 0 aliphatic heterocycles. The van der Waals surface area contributed by atoms with Gasteiger partial charge in [0.05, 0.1) is 10.5 Å². The summed E-state index contributed by atoms with van der Waals surface area (Å²) in [5, 5.41) is 11.8. The smallest absolute Gasteiger partial charge is 0.324 e. The van der Waals surface area contributed by atoms with Crippen LogP contribution in [-0.2, 0) is 4.79 Å². The molecule has 0 saturated heterocycles. The quantitative estimate of drug-likeness (QED) is 0.490. The SMILES string of the molecule is O=C(COc1ccccc1-c1ccccc1)NNC(=O)c1csc([N+](=O)[O-])c1. The van der Waals surface area contributed by atoms with Crippen molar-refractivity contribution in [3.05, 3.63) is 81.7 Å². The van der Waals surface area contributed by atoms with E-state index in [1.165, 1.54) is 5.38 Å². The van der Waals surface area contributed by atoms with Crippen molar-refractivity contribution in [2.45, 2.75) is 0 Å². The number of nitrogens with zero attached hydrogens (tertiary/aromatic N) is 1. The lowest BCUT2D eigenvalue weighted by Gasteiger charge is -2.12. The van der Waals surface area contributed by atoms with E-state index in [0.29, 0.717) is 5.75 Å². The van der Waals surface area contributed by atoms with Crippen molar-refractivity contribution in [1.82, 2.24) is 10.9 Å². The summed E-state index contributed by atoms with van der Waals surface area (Å²) in [4.78, 5) is 33.9. The molecule has 2 amide bonds. The molecule has 0 spiro atoms. The Bertz CT molecular complexity index is 1000. The molecular formula is C19H15N3O5S. The van der Waals surface area contributed by atoms with E-state index in [0.717, 1.165) is 28.5 Å². The Hall–Kier alpha value is -3.72. The molecule has 9 heteroatoms. The van der Waals surface area contributed by atoms with E-state index < -0.39 is 16.7 Å². The fourth-order valence-corrected chi connectivity index (χ4v) is 3.07. The van der Waals surface area contributed by atoms with Gasteiger partial charge in [0.1, 0.15) is 5.75 Å². The van der Waals surface area contributed by atoms with Crippen LogP contribution in [0.4, 0.5) is 5.00 Å². The topological polar surface area (TPSA) is 111 Å². The second kappa shape index (κ2) is 8.78. The minimum atomic E-state index is -0.651. The summed E-state index contributed by atoms with van der Waals surface area (Å²) in [6, 6.07) is 18.0. The van der Waals surface area contributed by atoms with E-state index in [2.05, 4.69) is 10.9 Å². The van der Waals surface area contributed by atoms with Crippen molar-refractivity contribution < 1.29 is 19.2 Å². The number of nitro groups is 1. The summed E-state index contributed by atoms with van der Waals surface area (Å²) in [6.07, 6.45) is 0. The predicted molar refractivity (Wildman–Crippen MR) is 104 cm³/mol. The zero-order chi connectivity index (χ0) is 19.9. The van der Waals surface area contributed by atoms with Gasteiger partial charge in [-0.1, -0.05) is 59.9 Å². The van der Waals surface area contributed by atoms with E-state index in [4.69, 9.17) is 4.74 Å². The maximum absolute atomic E-state index is 12.0. The van der Waals surface area contributed by atoms with E-state index in [-0.39, 0.29) is 17.2 Å². The molecule has 0 atom stereocenters. The van der Waals surface area contributed by atoms with Crippen molar-refractivity contribution in [1.29, 1.82) is 0 Å². The van der Waals surface area contributed by atoms with Gasteiger partial charge in [0.2, 0.25) is 0 Å². The summed E-state index contributed by atoms with van der Waals surface area (Å²) in [5.41, 5.74) is 6.30. The van der Waals surface area contributed by atoms with Crippen molar-refractivity contribution in [3.63, 3.8) is 0 Å². The first-order valence-corrected chi connectivity index (χ1v) is 9.02. The molecule has 142 valence electrons. The summed E-state index contributed by atoms with van der Waals surface area (Å²) in [6.45, 7) is -0.312. The highest BCUT2D eigenvalue weighted by Gasteiger charge is 2.15. The van der Waals surface area contributed by atoms with Gasteiger partial charge in [-0.25, -0.2) is 0 Å². The zero-order valence-corrected chi connectivity index (χ0v) is 15.3. The summed E-state index contributed by atoms with van der Waals surface area (Å²) < 4.78 is 5.58. The lowest BCUT2D eigenvalue weighted by atomic mass is 10.1. The van der Waals surface area contributed by atoms with Crippen LogP contribution < -0.4 is 15.6 Å². The van der Waals surface area contributed by atoms with Gasteiger partial charge in [-0.2, -0.15) is 0 Å². The normalized spacial score (nSPS) is 10.1. The number of carbonyl (C=O) groups excluding carboxylic acids is 2. The maximum atomic E-state index is 12.0. The molecule has 1 heterocycles. The third-order valence-electron chi connectivity index (χ3n) is 3.67. The number of para-hydroxylation sites is 1. The molecule has 2 aromatic carbocycles. The lowest BCUT2D eigenvalue weighted by molar-refractivity contribution is -0.380. The van der Waals surface area contributed by atoms with Crippen molar-refractivity contribution in [3.8, 4) is 16.9 Å². The fraction of sp³-hybridized carbons (Fsp3) is 0.0526.